The van der Waals surface area contributed by atoms with E-state index in [0.29, 0.717) is 0 Å². The van der Waals surface area contributed by atoms with E-state index in [1.165, 1.54) is 6.20 Å². The molecule has 2 heterocycles. The van der Waals surface area contributed by atoms with E-state index in [-0.39, 0.29) is 0 Å². The maximum Gasteiger partial charge on any atom is 0.439 e. The molecule has 2 fully saturated rings. The van der Waals surface area contributed by atoms with Crippen LogP contribution in [0.1, 0.15) is 27.7 Å². The lowest BCUT2D eigenvalue weighted by Crippen LogP contribution is -2.66. The molecule has 1 saturated heterocycles. The van der Waals surface area contributed by atoms with Crippen LogP contribution < -0.4 is 0 Å². The summed E-state index contributed by atoms with van der Waals surface area (Å²) in [5.74, 6) is -8.90. The highest BCUT2D eigenvalue weighted by Gasteiger charge is 2.79. The van der Waals surface area contributed by atoms with E-state index in [1.807, 2.05) is 0 Å². The number of hydrogen-bond donors (Lipinski definition) is 1. The predicted octanol–water partition coefficient (Wildman–Crippen LogP) is 0.474. The highest BCUT2D eigenvalue weighted by atomic mass is 31.2. The molecule has 5 unspecified atom stereocenters. The van der Waals surface area contributed by atoms with Crippen LogP contribution in [0.2, 0.25) is 0 Å². The van der Waals surface area contributed by atoms with Crippen molar-refractivity contribution in [1.29, 1.82) is 0 Å². The quantitative estimate of drug-likeness (QED) is 0.269. The maximum absolute atomic E-state index is 15.5. The molecule has 1 aromatic rings. The van der Waals surface area contributed by atoms with Crippen LogP contribution in [0.4, 0.5) is 4.39 Å². The molecule has 1 N–H and O–H groups in total. The van der Waals surface area contributed by atoms with Gasteiger partial charge in [0.15, 0.2) is 18.5 Å². The number of carbonyl (C=O) groups excluding carboxylic acids is 4. The van der Waals surface area contributed by atoms with Crippen LogP contribution in [0.3, 0.4) is 0 Å². The summed E-state index contributed by atoms with van der Waals surface area (Å²) in [6.07, 6.45) is -3.62. The number of fused-ring (bicyclic) bond motifs is 1. The zero-order chi connectivity index (χ0) is 26.1. The summed E-state index contributed by atoms with van der Waals surface area (Å²) < 4.78 is 60.3. The molecule has 0 amide bonds. The van der Waals surface area contributed by atoms with Gasteiger partial charge in [0, 0.05) is 40.1 Å². The Balaban J connectivity index is 2.05. The fourth-order valence-corrected chi connectivity index (χ4v) is 5.23. The van der Waals surface area contributed by atoms with Crippen molar-refractivity contribution in [3.63, 3.8) is 0 Å². The molecule has 1 aliphatic carbocycles. The highest BCUT2D eigenvalue weighted by Crippen LogP contribution is 2.62. The van der Waals surface area contributed by atoms with Gasteiger partial charge in [-0.15, -0.1) is 0 Å². The Morgan fingerprint density at radius 2 is 1.74 bits per heavy atom. The van der Waals surface area contributed by atoms with Gasteiger partial charge in [0.1, 0.15) is 30.9 Å². The van der Waals surface area contributed by atoms with Crippen molar-refractivity contribution >= 4 is 31.6 Å². The lowest BCUT2D eigenvalue weighted by Gasteiger charge is -2.51. The molecule has 194 valence electrons. The molecule has 0 radical (unpaired) electrons. The standard InChI is InChI=1S/C19H24FN2O12P/c1-9(23)29-7-13(20)14-16(30-10(2)24)17(31-11(3)25)15-18(33-19(14,15)32-12(4)26)34-35(27,28)22-6-5-21-8-22/h5-6,8,13-18H,7H2,1-4H3,(H,27,28)/t13-,14?,15?,16+,17?,18-,19?/m0/s1. The Morgan fingerprint density at radius 1 is 1.11 bits per heavy atom. The lowest BCUT2D eigenvalue weighted by atomic mass is 9.86. The van der Waals surface area contributed by atoms with Gasteiger partial charge in [-0.05, 0) is 0 Å². The lowest BCUT2D eigenvalue weighted by molar-refractivity contribution is -0.424. The smallest absolute Gasteiger partial charge is 0.439 e. The van der Waals surface area contributed by atoms with E-state index in [0.717, 1.165) is 44.6 Å². The number of aromatic nitrogens is 2. The number of alkyl halides is 1. The van der Waals surface area contributed by atoms with Crippen LogP contribution in [0.25, 0.3) is 0 Å². The zero-order valence-corrected chi connectivity index (χ0v) is 20.0. The van der Waals surface area contributed by atoms with Gasteiger partial charge in [-0.1, -0.05) is 0 Å². The molecule has 16 heteroatoms. The molecule has 3 rings (SSSR count). The number of nitrogens with zero attached hydrogens (tertiary/aromatic N) is 2. The second kappa shape index (κ2) is 10.0. The number of rotatable bonds is 9. The normalized spacial score (nSPS) is 31.8. The highest BCUT2D eigenvalue weighted by molar-refractivity contribution is 7.51. The minimum absolute atomic E-state index is 0.748. The molecular formula is C19H24FN2O12P. The first-order chi connectivity index (χ1) is 16.3. The summed E-state index contributed by atoms with van der Waals surface area (Å²) in [6, 6.07) is 0. The maximum atomic E-state index is 15.5. The fraction of sp³-hybridized carbons (Fsp3) is 0.632. The van der Waals surface area contributed by atoms with Crippen LogP contribution in [0.15, 0.2) is 18.7 Å². The van der Waals surface area contributed by atoms with Crippen molar-refractivity contribution in [3.8, 4) is 0 Å². The van der Waals surface area contributed by atoms with E-state index in [9.17, 15) is 28.6 Å². The second-order valence-electron chi connectivity index (χ2n) is 7.86. The van der Waals surface area contributed by atoms with E-state index < -0.39 is 80.5 Å². The van der Waals surface area contributed by atoms with E-state index in [1.54, 1.807) is 0 Å². The number of hydrogen-bond acceptors (Lipinski definition) is 12. The van der Waals surface area contributed by atoms with Crippen LogP contribution in [-0.4, -0.2) is 75.2 Å². The van der Waals surface area contributed by atoms with Gasteiger partial charge in [0.25, 0.3) is 0 Å². The first-order valence-corrected chi connectivity index (χ1v) is 11.8. The average molecular weight is 522 g/mol. The van der Waals surface area contributed by atoms with Gasteiger partial charge in [-0.2, -0.15) is 0 Å². The Hall–Kier alpha value is -2.87. The van der Waals surface area contributed by atoms with Crippen molar-refractivity contribution in [2.45, 2.75) is 58.2 Å². The largest absolute Gasteiger partial charge is 0.463 e. The van der Waals surface area contributed by atoms with Crippen LogP contribution in [0, 0.1) is 11.8 Å². The minimum atomic E-state index is -4.63. The third kappa shape index (κ3) is 5.37. The number of esters is 4. The zero-order valence-electron chi connectivity index (χ0n) is 19.1. The van der Waals surface area contributed by atoms with E-state index in [4.69, 9.17) is 28.2 Å². The molecule has 1 aliphatic heterocycles. The first kappa shape index (κ1) is 26.7. The van der Waals surface area contributed by atoms with Gasteiger partial charge >= 0.3 is 31.6 Å². The Bertz CT molecular complexity index is 1040. The molecular weight excluding hydrogens is 498 g/mol. The molecule has 35 heavy (non-hydrogen) atoms. The van der Waals surface area contributed by atoms with Crippen molar-refractivity contribution < 1.29 is 61.2 Å². The topological polar surface area (TPSA) is 179 Å². The average Bonchev–Trinajstić information content (AvgIpc) is 3.30. The van der Waals surface area contributed by atoms with E-state index in [2.05, 4.69) is 4.98 Å². The van der Waals surface area contributed by atoms with Crippen molar-refractivity contribution in [3.05, 3.63) is 18.7 Å². The molecule has 14 nitrogen and oxygen atoms in total. The molecule has 0 spiro atoms. The van der Waals surface area contributed by atoms with Gasteiger partial charge in [-0.3, -0.25) is 23.7 Å². The number of halogens is 1. The molecule has 0 aromatic carbocycles. The minimum Gasteiger partial charge on any atom is -0.463 e. The number of imidazole rings is 1. The van der Waals surface area contributed by atoms with E-state index >= 15 is 4.39 Å². The van der Waals surface area contributed by atoms with Crippen molar-refractivity contribution in [2.75, 3.05) is 6.61 Å². The Labute approximate surface area is 198 Å². The SMILES string of the molecule is CC(=O)OC[C@H](F)C1[C@@H](OC(C)=O)C(OC(C)=O)C2[C@H](OP(=O)(O)n3ccnc3)OC21OC(C)=O. The van der Waals surface area contributed by atoms with Crippen molar-refractivity contribution in [1.82, 2.24) is 9.32 Å². The summed E-state index contributed by atoms with van der Waals surface area (Å²) in [6.45, 7) is 3.21. The molecule has 8 atom stereocenters. The third-order valence-corrected chi connectivity index (χ3v) is 6.62. The van der Waals surface area contributed by atoms with Crippen LogP contribution in [0.5, 0.6) is 0 Å². The molecule has 1 saturated carbocycles. The van der Waals surface area contributed by atoms with Gasteiger partial charge < -0.3 is 28.6 Å². The summed E-state index contributed by atoms with van der Waals surface area (Å²) in [7, 11) is -4.63. The third-order valence-electron chi connectivity index (χ3n) is 5.32. The van der Waals surface area contributed by atoms with Gasteiger partial charge in [0.05, 0.1) is 0 Å². The predicted molar refractivity (Wildman–Crippen MR) is 108 cm³/mol. The summed E-state index contributed by atoms with van der Waals surface area (Å²) >= 11 is 0. The fourth-order valence-electron chi connectivity index (χ4n) is 4.26. The first-order valence-electron chi connectivity index (χ1n) is 10.3. The number of carbonyl (C=O) groups is 4. The second-order valence-corrected chi connectivity index (χ2v) is 9.51. The summed E-state index contributed by atoms with van der Waals surface area (Å²) in [5, 5.41) is 0. The molecule has 1 aromatic heterocycles. The monoisotopic (exact) mass is 522 g/mol. The molecule has 0 bridgehead atoms. The van der Waals surface area contributed by atoms with Gasteiger partial charge in [-0.25, -0.2) is 18.3 Å². The van der Waals surface area contributed by atoms with Crippen LogP contribution >= 0.6 is 7.75 Å². The van der Waals surface area contributed by atoms with Crippen LogP contribution in [-0.2, 0) is 52.0 Å². The number of ether oxygens (including phenoxy) is 5. The molecule has 2 aliphatic rings. The van der Waals surface area contributed by atoms with Crippen molar-refractivity contribution in [2.24, 2.45) is 11.8 Å². The summed E-state index contributed by atoms with van der Waals surface area (Å²) in [5.41, 5.74) is 0. The Morgan fingerprint density at radius 3 is 2.26 bits per heavy atom. The Kier molecular flexibility index (Phi) is 7.65. The van der Waals surface area contributed by atoms with Gasteiger partial charge in [0.2, 0.25) is 5.79 Å². The summed E-state index contributed by atoms with van der Waals surface area (Å²) in [4.78, 5) is 60.9.